The zero-order valence-corrected chi connectivity index (χ0v) is 8.00. The van der Waals surface area contributed by atoms with Gasteiger partial charge in [-0.3, -0.25) is 10.1 Å². The lowest BCUT2D eigenvalue weighted by molar-refractivity contribution is 0.101. The number of carboxylic acid groups (broad SMARTS) is 1. The van der Waals surface area contributed by atoms with Crippen molar-refractivity contribution in [3.63, 3.8) is 0 Å². The van der Waals surface area contributed by atoms with Gasteiger partial charge in [-0.05, 0) is 19.1 Å². The molecule has 0 fully saturated rings. The molecule has 1 amide bonds. The summed E-state index contributed by atoms with van der Waals surface area (Å²) in [5, 5.41) is 10.6. The van der Waals surface area contributed by atoms with Crippen LogP contribution >= 0.6 is 11.6 Å². The molecule has 0 aliphatic rings. The van der Waals surface area contributed by atoms with Gasteiger partial charge in [0.2, 0.25) is 0 Å². The summed E-state index contributed by atoms with van der Waals surface area (Å²) in [6.07, 6.45) is -1.29. The Morgan fingerprint density at radius 1 is 1.50 bits per heavy atom. The van der Waals surface area contributed by atoms with Crippen molar-refractivity contribution in [3.8, 4) is 0 Å². The monoisotopic (exact) mass is 214 g/mol. The van der Waals surface area contributed by atoms with Crippen LogP contribution in [0, 0.1) is 0 Å². The molecular formula is C8H7ClN2O3. The number of carbonyl (C=O) groups excluding carboxylic acids is 1. The number of Topliss-reactive ketones (excluding diaryl/α,β-unsaturated/α-hetero) is 1. The average molecular weight is 215 g/mol. The maximum atomic E-state index is 11.0. The molecule has 0 spiro atoms. The van der Waals surface area contributed by atoms with E-state index in [-0.39, 0.29) is 22.3 Å². The summed E-state index contributed by atoms with van der Waals surface area (Å²) in [4.78, 5) is 25.1. The lowest BCUT2D eigenvalue weighted by Gasteiger charge is -2.04. The topological polar surface area (TPSA) is 79.3 Å². The lowest BCUT2D eigenvalue weighted by atomic mass is 10.2. The Bertz CT molecular complexity index is 392. The number of nitrogens with zero attached hydrogens (tertiary/aromatic N) is 1. The first-order valence-corrected chi connectivity index (χ1v) is 4.06. The molecule has 0 aliphatic carbocycles. The maximum Gasteiger partial charge on any atom is 0.410 e. The van der Waals surface area contributed by atoms with E-state index >= 15 is 0 Å². The fraction of sp³-hybridized carbons (Fsp3) is 0.125. The zero-order valence-electron chi connectivity index (χ0n) is 7.24. The van der Waals surface area contributed by atoms with Crippen molar-refractivity contribution in [2.75, 3.05) is 5.32 Å². The molecule has 0 radical (unpaired) electrons. The van der Waals surface area contributed by atoms with Gasteiger partial charge in [-0.2, -0.15) is 0 Å². The molecule has 1 aromatic heterocycles. The number of carbonyl (C=O) groups is 2. The summed E-state index contributed by atoms with van der Waals surface area (Å²) in [5.74, 6) is -0.324. The molecule has 0 saturated heterocycles. The quantitative estimate of drug-likeness (QED) is 0.583. The van der Waals surface area contributed by atoms with Crippen LogP contribution in [0.2, 0.25) is 5.15 Å². The first-order chi connectivity index (χ1) is 6.50. The Hall–Kier alpha value is -1.62. The van der Waals surface area contributed by atoms with Crippen molar-refractivity contribution < 1.29 is 14.7 Å². The van der Waals surface area contributed by atoms with Crippen LogP contribution in [0.5, 0.6) is 0 Å². The van der Waals surface area contributed by atoms with Gasteiger partial charge < -0.3 is 5.11 Å². The molecule has 74 valence electrons. The highest BCUT2D eigenvalue weighted by molar-refractivity contribution is 6.29. The molecule has 2 N–H and O–H groups in total. The number of halogens is 1. The highest BCUT2D eigenvalue weighted by Crippen LogP contribution is 2.16. The zero-order chi connectivity index (χ0) is 10.7. The fourth-order valence-corrected chi connectivity index (χ4v) is 1.06. The lowest BCUT2D eigenvalue weighted by Crippen LogP contribution is -2.12. The van der Waals surface area contributed by atoms with E-state index in [1.807, 2.05) is 5.32 Å². The van der Waals surface area contributed by atoms with Crippen LogP contribution in [0.3, 0.4) is 0 Å². The molecule has 0 bridgehead atoms. The first kappa shape index (κ1) is 10.5. The van der Waals surface area contributed by atoms with Crippen LogP contribution in [-0.2, 0) is 0 Å². The van der Waals surface area contributed by atoms with Crippen LogP contribution in [0.25, 0.3) is 0 Å². The normalized spacial score (nSPS) is 9.57. The number of rotatable bonds is 2. The van der Waals surface area contributed by atoms with E-state index in [1.165, 1.54) is 19.1 Å². The van der Waals surface area contributed by atoms with Crippen LogP contribution < -0.4 is 5.32 Å². The van der Waals surface area contributed by atoms with E-state index in [1.54, 1.807) is 0 Å². The second kappa shape index (κ2) is 4.06. The van der Waals surface area contributed by atoms with E-state index in [9.17, 15) is 9.59 Å². The van der Waals surface area contributed by atoms with Crippen molar-refractivity contribution in [1.29, 1.82) is 0 Å². The smallest absolute Gasteiger partial charge is 0.410 e. The third-order valence-corrected chi connectivity index (χ3v) is 1.68. The number of nitrogens with one attached hydrogen (secondary N) is 1. The van der Waals surface area contributed by atoms with Gasteiger partial charge in [0.25, 0.3) is 0 Å². The standard InChI is InChI=1S/C8H7ClN2O3/c1-4(12)5-2-3-6(9)10-7(5)11-8(13)14/h2-3H,1H3,(H,10,11)(H,13,14). The van der Waals surface area contributed by atoms with Crippen molar-refractivity contribution in [2.24, 2.45) is 0 Å². The molecular weight excluding hydrogens is 208 g/mol. The van der Waals surface area contributed by atoms with Crippen molar-refractivity contribution in [2.45, 2.75) is 6.92 Å². The number of pyridine rings is 1. The van der Waals surface area contributed by atoms with E-state index in [4.69, 9.17) is 16.7 Å². The van der Waals surface area contributed by atoms with Crippen LogP contribution in [0.4, 0.5) is 10.6 Å². The van der Waals surface area contributed by atoms with E-state index in [0.29, 0.717) is 0 Å². The summed E-state index contributed by atoms with van der Waals surface area (Å²) in [7, 11) is 0. The van der Waals surface area contributed by atoms with Gasteiger partial charge in [0.15, 0.2) is 5.78 Å². The van der Waals surface area contributed by atoms with Gasteiger partial charge in [0.05, 0.1) is 5.56 Å². The minimum absolute atomic E-state index is 0.0440. The van der Waals surface area contributed by atoms with Gasteiger partial charge in [-0.15, -0.1) is 0 Å². The van der Waals surface area contributed by atoms with Gasteiger partial charge in [-0.1, -0.05) is 11.6 Å². The predicted octanol–water partition coefficient (Wildman–Crippen LogP) is 2.03. The second-order valence-electron chi connectivity index (χ2n) is 2.52. The van der Waals surface area contributed by atoms with Crippen molar-refractivity contribution in [1.82, 2.24) is 4.98 Å². The van der Waals surface area contributed by atoms with Gasteiger partial charge in [0, 0.05) is 0 Å². The second-order valence-corrected chi connectivity index (χ2v) is 2.90. The molecule has 6 heteroatoms. The number of hydrogen-bond acceptors (Lipinski definition) is 3. The van der Waals surface area contributed by atoms with Gasteiger partial charge in [0.1, 0.15) is 11.0 Å². The van der Waals surface area contributed by atoms with E-state index < -0.39 is 6.09 Å². The van der Waals surface area contributed by atoms with Crippen LogP contribution in [-0.4, -0.2) is 22.0 Å². The van der Waals surface area contributed by atoms with Gasteiger partial charge in [-0.25, -0.2) is 9.78 Å². The SMILES string of the molecule is CC(=O)c1ccc(Cl)nc1NC(=O)O. The Labute approximate surface area is 84.7 Å². The summed E-state index contributed by atoms with van der Waals surface area (Å²) in [6.45, 7) is 1.32. The third-order valence-electron chi connectivity index (χ3n) is 1.47. The summed E-state index contributed by atoms with van der Waals surface area (Å²) >= 11 is 5.55. The summed E-state index contributed by atoms with van der Waals surface area (Å²) in [5.41, 5.74) is 0.191. The molecule has 0 aromatic carbocycles. The highest BCUT2D eigenvalue weighted by Gasteiger charge is 2.11. The predicted molar refractivity (Wildman–Crippen MR) is 50.9 cm³/mol. The molecule has 0 aliphatic heterocycles. The largest absolute Gasteiger partial charge is 0.465 e. The average Bonchev–Trinajstić information content (AvgIpc) is 2.01. The van der Waals surface area contributed by atoms with Crippen LogP contribution in [0.15, 0.2) is 12.1 Å². The summed E-state index contributed by atoms with van der Waals surface area (Å²) in [6, 6.07) is 2.84. The number of amides is 1. The van der Waals surface area contributed by atoms with Crippen molar-refractivity contribution in [3.05, 3.63) is 22.8 Å². The third kappa shape index (κ3) is 2.43. The summed E-state index contributed by atoms with van der Waals surface area (Å²) < 4.78 is 0. The minimum Gasteiger partial charge on any atom is -0.465 e. The number of hydrogen-bond donors (Lipinski definition) is 2. The number of aromatic nitrogens is 1. The maximum absolute atomic E-state index is 11.0. The molecule has 1 heterocycles. The molecule has 0 unspecified atom stereocenters. The van der Waals surface area contributed by atoms with E-state index in [0.717, 1.165) is 0 Å². The Morgan fingerprint density at radius 3 is 2.64 bits per heavy atom. The minimum atomic E-state index is -1.29. The number of anilines is 1. The Kier molecular flexibility index (Phi) is 3.03. The number of ketones is 1. The Balaban J connectivity index is 3.15. The molecule has 0 atom stereocenters. The molecule has 14 heavy (non-hydrogen) atoms. The van der Waals surface area contributed by atoms with E-state index in [2.05, 4.69) is 4.98 Å². The molecule has 1 rings (SSSR count). The first-order valence-electron chi connectivity index (χ1n) is 3.68. The highest BCUT2D eigenvalue weighted by atomic mass is 35.5. The van der Waals surface area contributed by atoms with Crippen LogP contribution in [0.1, 0.15) is 17.3 Å². The molecule has 0 saturated carbocycles. The van der Waals surface area contributed by atoms with Gasteiger partial charge >= 0.3 is 6.09 Å². The van der Waals surface area contributed by atoms with Crippen molar-refractivity contribution >= 4 is 29.3 Å². The molecule has 5 nitrogen and oxygen atoms in total. The molecule has 1 aromatic rings. The fourth-order valence-electron chi connectivity index (χ4n) is 0.916. The Morgan fingerprint density at radius 2 is 2.14 bits per heavy atom.